The molecule has 0 aliphatic carbocycles. The van der Waals surface area contributed by atoms with Crippen molar-refractivity contribution in [3.05, 3.63) is 22.0 Å². The summed E-state index contributed by atoms with van der Waals surface area (Å²) in [5, 5.41) is 26.2. The highest BCUT2D eigenvalue weighted by molar-refractivity contribution is 6.30. The highest BCUT2D eigenvalue weighted by atomic mass is 35.5. The summed E-state index contributed by atoms with van der Waals surface area (Å²) < 4.78 is 0. The molecule has 0 aliphatic heterocycles. The first kappa shape index (κ1) is 15.4. The number of aliphatic carboxylic acids is 2. The predicted molar refractivity (Wildman–Crippen MR) is 68.4 cm³/mol. The number of carbonyl (C=O) groups is 2. The van der Waals surface area contributed by atoms with Gasteiger partial charge in [-0.25, -0.2) is 0 Å². The van der Waals surface area contributed by atoms with Gasteiger partial charge in [0.25, 0.3) is 0 Å². The Labute approximate surface area is 115 Å². The number of halogens is 1. The largest absolute Gasteiger partial charge is 0.480 e. The normalized spacial score (nSPS) is 11.4. The van der Waals surface area contributed by atoms with Gasteiger partial charge in [-0.05, 0) is 30.9 Å². The lowest BCUT2D eigenvalue weighted by Crippen LogP contribution is -2.45. The zero-order valence-electron chi connectivity index (χ0n) is 10.9. The number of rotatable bonds is 5. The second-order valence-electron chi connectivity index (χ2n) is 4.17. The molecule has 2 N–H and O–H groups in total. The Balaban J connectivity index is 3.66. The number of carboxylic acids is 2. The highest BCUT2D eigenvalue weighted by Gasteiger charge is 2.50. The van der Waals surface area contributed by atoms with Gasteiger partial charge in [-0.2, -0.15) is 5.10 Å². The zero-order chi connectivity index (χ0) is 14.8. The molecule has 0 atom stereocenters. The summed E-state index contributed by atoms with van der Waals surface area (Å²) in [6, 6.07) is 0. The summed E-state index contributed by atoms with van der Waals surface area (Å²) in [6.07, 6.45) is 0.393. The first-order valence-electron chi connectivity index (χ1n) is 5.81. The molecule has 1 rings (SSSR count). The van der Waals surface area contributed by atoms with Crippen molar-refractivity contribution in [1.82, 2.24) is 10.2 Å². The molecule has 0 unspecified atom stereocenters. The van der Waals surface area contributed by atoms with Gasteiger partial charge in [-0.15, -0.1) is 5.10 Å². The Morgan fingerprint density at radius 1 is 1.21 bits per heavy atom. The lowest BCUT2D eigenvalue weighted by Gasteiger charge is -2.24. The van der Waals surface area contributed by atoms with Crippen LogP contribution in [0.5, 0.6) is 0 Å². The molecule has 0 aliphatic rings. The Bertz CT molecular complexity index is 517. The summed E-state index contributed by atoms with van der Waals surface area (Å²) in [4.78, 5) is 22.9. The molecule has 0 bridgehead atoms. The fraction of sp³-hybridized carbons (Fsp3) is 0.500. The first-order valence-corrected chi connectivity index (χ1v) is 6.19. The zero-order valence-corrected chi connectivity index (χ0v) is 11.7. The van der Waals surface area contributed by atoms with Crippen LogP contribution < -0.4 is 0 Å². The van der Waals surface area contributed by atoms with E-state index in [1.54, 1.807) is 6.92 Å². The second kappa shape index (κ2) is 5.52. The van der Waals surface area contributed by atoms with Crippen molar-refractivity contribution < 1.29 is 19.8 Å². The van der Waals surface area contributed by atoms with E-state index >= 15 is 0 Å². The van der Waals surface area contributed by atoms with Crippen LogP contribution in [0, 0.1) is 6.92 Å². The van der Waals surface area contributed by atoms with Crippen LogP contribution in [-0.2, 0) is 21.4 Å². The molecule has 0 radical (unpaired) electrons. The minimum absolute atomic E-state index is 0.0590. The number of nitrogens with zero attached hydrogens (tertiary/aromatic N) is 2. The maximum Gasteiger partial charge on any atom is 0.327 e. The standard InChI is InChI=1S/C12H15ClN2O4/c1-4-7-6(3)8(14-15-9(7)13)12(5-2,10(16)17)11(18)19/h4-5H2,1-3H3,(H,16,17)(H,18,19). The van der Waals surface area contributed by atoms with E-state index in [0.29, 0.717) is 17.5 Å². The molecular weight excluding hydrogens is 272 g/mol. The Morgan fingerprint density at radius 3 is 2.11 bits per heavy atom. The summed E-state index contributed by atoms with van der Waals surface area (Å²) in [5.41, 5.74) is -1.07. The predicted octanol–water partition coefficient (Wildman–Crippen LogP) is 1.82. The van der Waals surface area contributed by atoms with Crippen LogP contribution in [0.1, 0.15) is 37.1 Å². The highest BCUT2D eigenvalue weighted by Crippen LogP contribution is 2.32. The van der Waals surface area contributed by atoms with Crippen LogP contribution in [-0.4, -0.2) is 32.3 Å². The first-order chi connectivity index (χ1) is 8.82. The molecule has 0 aromatic carbocycles. The van der Waals surface area contributed by atoms with Crippen molar-refractivity contribution >= 4 is 23.5 Å². The Hall–Kier alpha value is -1.69. The monoisotopic (exact) mass is 286 g/mol. The number of hydrogen-bond donors (Lipinski definition) is 2. The molecule has 6 nitrogen and oxygen atoms in total. The molecule has 1 heterocycles. The molecule has 0 saturated heterocycles. The van der Waals surface area contributed by atoms with Crippen LogP contribution in [0.15, 0.2) is 0 Å². The summed E-state index contributed by atoms with van der Waals surface area (Å²) >= 11 is 5.89. The summed E-state index contributed by atoms with van der Waals surface area (Å²) in [5.74, 6) is -2.91. The van der Waals surface area contributed by atoms with E-state index in [1.165, 1.54) is 6.92 Å². The average Bonchev–Trinajstić information content (AvgIpc) is 2.33. The van der Waals surface area contributed by atoms with Crippen molar-refractivity contribution in [3.8, 4) is 0 Å². The van der Waals surface area contributed by atoms with Gasteiger partial charge in [-0.3, -0.25) is 9.59 Å². The molecular formula is C12H15ClN2O4. The second-order valence-corrected chi connectivity index (χ2v) is 4.52. The van der Waals surface area contributed by atoms with Gasteiger partial charge in [0.1, 0.15) is 0 Å². The van der Waals surface area contributed by atoms with Crippen LogP contribution in [0.25, 0.3) is 0 Å². The molecule has 1 aromatic heterocycles. The maximum absolute atomic E-state index is 11.4. The number of carboxylic acid groups (broad SMARTS) is 2. The lowest BCUT2D eigenvalue weighted by atomic mass is 9.79. The molecule has 0 saturated carbocycles. The van der Waals surface area contributed by atoms with Crippen molar-refractivity contribution in [3.63, 3.8) is 0 Å². The van der Waals surface area contributed by atoms with Gasteiger partial charge in [0.2, 0.25) is 5.41 Å². The molecule has 104 valence electrons. The van der Waals surface area contributed by atoms with E-state index < -0.39 is 17.4 Å². The van der Waals surface area contributed by atoms with E-state index in [9.17, 15) is 19.8 Å². The fourth-order valence-corrected chi connectivity index (χ4v) is 2.42. The smallest absolute Gasteiger partial charge is 0.327 e. The molecule has 1 aromatic rings. The Kier molecular flexibility index (Phi) is 4.47. The number of hydrogen-bond acceptors (Lipinski definition) is 4. The summed E-state index contributed by atoms with van der Waals surface area (Å²) in [6.45, 7) is 4.93. The van der Waals surface area contributed by atoms with Gasteiger partial charge in [0, 0.05) is 0 Å². The molecule has 0 fully saturated rings. The van der Waals surface area contributed by atoms with E-state index in [1.807, 2.05) is 6.92 Å². The van der Waals surface area contributed by atoms with E-state index in [0.717, 1.165) is 0 Å². The van der Waals surface area contributed by atoms with Crippen LogP contribution in [0.3, 0.4) is 0 Å². The van der Waals surface area contributed by atoms with Gasteiger partial charge < -0.3 is 10.2 Å². The Morgan fingerprint density at radius 2 is 1.74 bits per heavy atom. The fourth-order valence-electron chi connectivity index (χ4n) is 2.11. The van der Waals surface area contributed by atoms with E-state index in [2.05, 4.69) is 10.2 Å². The summed E-state index contributed by atoms with van der Waals surface area (Å²) in [7, 11) is 0. The molecule has 7 heteroatoms. The van der Waals surface area contributed by atoms with E-state index in [4.69, 9.17) is 11.6 Å². The molecule has 19 heavy (non-hydrogen) atoms. The maximum atomic E-state index is 11.4. The van der Waals surface area contributed by atoms with Gasteiger partial charge in [0.05, 0.1) is 5.69 Å². The van der Waals surface area contributed by atoms with Crippen LogP contribution in [0.2, 0.25) is 5.15 Å². The average molecular weight is 287 g/mol. The minimum Gasteiger partial charge on any atom is -0.480 e. The van der Waals surface area contributed by atoms with Gasteiger partial charge >= 0.3 is 11.9 Å². The third-order valence-corrected chi connectivity index (χ3v) is 3.62. The van der Waals surface area contributed by atoms with Crippen molar-refractivity contribution in [2.45, 2.75) is 39.0 Å². The molecule has 0 amide bonds. The lowest BCUT2D eigenvalue weighted by molar-refractivity contribution is -0.158. The van der Waals surface area contributed by atoms with Crippen LogP contribution >= 0.6 is 11.6 Å². The van der Waals surface area contributed by atoms with Crippen molar-refractivity contribution in [2.75, 3.05) is 0 Å². The van der Waals surface area contributed by atoms with Crippen molar-refractivity contribution in [1.29, 1.82) is 0 Å². The quantitative estimate of drug-likeness (QED) is 0.801. The topological polar surface area (TPSA) is 100 Å². The minimum atomic E-state index is -2.09. The van der Waals surface area contributed by atoms with Crippen molar-refractivity contribution in [2.24, 2.45) is 0 Å². The number of aromatic nitrogens is 2. The van der Waals surface area contributed by atoms with E-state index in [-0.39, 0.29) is 17.3 Å². The van der Waals surface area contributed by atoms with Gasteiger partial charge in [-0.1, -0.05) is 25.4 Å². The SMILES string of the molecule is CCc1c(Cl)nnc(C(CC)(C(=O)O)C(=O)O)c1C. The molecule has 0 spiro atoms. The van der Waals surface area contributed by atoms with Crippen LogP contribution in [0.4, 0.5) is 0 Å². The third kappa shape index (κ3) is 2.28. The third-order valence-electron chi connectivity index (χ3n) is 3.31. The van der Waals surface area contributed by atoms with Gasteiger partial charge in [0.15, 0.2) is 5.15 Å².